The van der Waals surface area contributed by atoms with E-state index in [1.807, 2.05) is 71.6 Å². The predicted octanol–water partition coefficient (Wildman–Crippen LogP) is 5.87. The van der Waals surface area contributed by atoms with Gasteiger partial charge in [-0.05, 0) is 66.9 Å². The van der Waals surface area contributed by atoms with Gasteiger partial charge in [0.05, 0.1) is 17.4 Å². The quantitative estimate of drug-likeness (QED) is 0.583. The molecule has 140 valence electrons. The zero-order valence-electron chi connectivity index (χ0n) is 15.4. The number of nitrogens with zero attached hydrogens (tertiary/aromatic N) is 4. The number of nitrogens with one attached hydrogen (secondary N) is 1. The molecule has 1 saturated heterocycles. The SMILES string of the molecule is O=C(Nc1ccc(N=Nc2ccccc2)cc1)N1CCCC1c1ccncc1. The number of hydrogen-bond acceptors (Lipinski definition) is 4. The van der Waals surface area contributed by atoms with Gasteiger partial charge < -0.3 is 10.2 Å². The van der Waals surface area contributed by atoms with Crippen LogP contribution in [0, 0.1) is 0 Å². The van der Waals surface area contributed by atoms with E-state index >= 15 is 0 Å². The van der Waals surface area contributed by atoms with Crippen LogP contribution in [0.2, 0.25) is 0 Å². The van der Waals surface area contributed by atoms with Gasteiger partial charge in [0.25, 0.3) is 0 Å². The molecule has 1 N–H and O–H groups in total. The van der Waals surface area contributed by atoms with Gasteiger partial charge in [0, 0.05) is 24.6 Å². The molecular formula is C22H21N5O. The molecule has 6 nitrogen and oxygen atoms in total. The number of likely N-dealkylation sites (tertiary alicyclic amines) is 1. The average molecular weight is 371 g/mol. The van der Waals surface area contributed by atoms with Crippen LogP contribution >= 0.6 is 0 Å². The minimum Gasteiger partial charge on any atom is -0.317 e. The maximum atomic E-state index is 12.8. The van der Waals surface area contributed by atoms with E-state index in [9.17, 15) is 4.79 Å². The number of pyridine rings is 1. The molecule has 2 aromatic carbocycles. The normalized spacial score (nSPS) is 16.4. The molecule has 3 aromatic rings. The Balaban J connectivity index is 1.40. The van der Waals surface area contributed by atoms with Crippen LogP contribution in [0.15, 0.2) is 89.4 Å². The number of benzene rings is 2. The molecule has 0 radical (unpaired) electrons. The zero-order chi connectivity index (χ0) is 19.2. The van der Waals surface area contributed by atoms with Crippen LogP contribution in [0.4, 0.5) is 21.9 Å². The lowest BCUT2D eigenvalue weighted by Gasteiger charge is -2.25. The number of carbonyl (C=O) groups is 1. The van der Waals surface area contributed by atoms with Gasteiger partial charge in [0.2, 0.25) is 0 Å². The molecule has 0 bridgehead atoms. The Morgan fingerprint density at radius 3 is 2.32 bits per heavy atom. The third-order valence-corrected chi connectivity index (χ3v) is 4.76. The molecule has 2 heterocycles. The van der Waals surface area contributed by atoms with Crippen LogP contribution in [0.3, 0.4) is 0 Å². The standard InChI is InChI=1S/C22H21N5O/c28-22(27-16-4-7-21(27)17-12-14-23-15-13-17)24-18-8-10-20(11-9-18)26-25-19-5-2-1-3-6-19/h1-3,5-6,8-15,21H,4,7,16H2,(H,24,28). The third kappa shape index (κ3) is 4.23. The Bertz CT molecular complexity index is 942. The van der Waals surface area contributed by atoms with E-state index in [-0.39, 0.29) is 12.1 Å². The van der Waals surface area contributed by atoms with Crippen molar-refractivity contribution in [1.82, 2.24) is 9.88 Å². The summed E-state index contributed by atoms with van der Waals surface area (Å²) in [5, 5.41) is 11.4. The van der Waals surface area contributed by atoms with Crippen LogP contribution in [0.1, 0.15) is 24.4 Å². The summed E-state index contributed by atoms with van der Waals surface area (Å²) >= 11 is 0. The highest BCUT2D eigenvalue weighted by molar-refractivity contribution is 5.90. The zero-order valence-corrected chi connectivity index (χ0v) is 15.4. The molecule has 0 saturated carbocycles. The Morgan fingerprint density at radius 2 is 1.61 bits per heavy atom. The summed E-state index contributed by atoms with van der Waals surface area (Å²) in [5.41, 5.74) is 3.40. The smallest absolute Gasteiger partial charge is 0.317 e. The first-order chi connectivity index (χ1) is 13.8. The molecule has 0 spiro atoms. The van der Waals surface area contributed by atoms with E-state index in [1.165, 1.54) is 0 Å². The second kappa shape index (κ2) is 8.43. The van der Waals surface area contributed by atoms with E-state index in [2.05, 4.69) is 20.5 Å². The minimum atomic E-state index is -0.0852. The predicted molar refractivity (Wildman–Crippen MR) is 109 cm³/mol. The van der Waals surface area contributed by atoms with Gasteiger partial charge in [-0.3, -0.25) is 4.98 Å². The number of hydrogen-bond donors (Lipinski definition) is 1. The van der Waals surface area contributed by atoms with Crippen molar-refractivity contribution in [1.29, 1.82) is 0 Å². The number of rotatable bonds is 4. The number of urea groups is 1. The maximum Gasteiger partial charge on any atom is 0.322 e. The first-order valence-corrected chi connectivity index (χ1v) is 9.34. The van der Waals surface area contributed by atoms with Gasteiger partial charge in [-0.1, -0.05) is 18.2 Å². The fourth-order valence-electron chi connectivity index (χ4n) is 3.36. The topological polar surface area (TPSA) is 70.0 Å². The molecule has 1 aliphatic heterocycles. The van der Waals surface area contributed by atoms with Crippen molar-refractivity contribution in [2.24, 2.45) is 10.2 Å². The highest BCUT2D eigenvalue weighted by Crippen LogP contribution is 2.32. The molecular weight excluding hydrogens is 350 g/mol. The molecule has 1 aromatic heterocycles. The minimum absolute atomic E-state index is 0.0852. The summed E-state index contributed by atoms with van der Waals surface area (Å²) in [6.45, 7) is 0.752. The summed E-state index contributed by atoms with van der Waals surface area (Å²) < 4.78 is 0. The van der Waals surface area contributed by atoms with Crippen LogP contribution in [-0.4, -0.2) is 22.5 Å². The highest BCUT2D eigenvalue weighted by atomic mass is 16.2. The molecule has 1 unspecified atom stereocenters. The molecule has 2 amide bonds. The summed E-state index contributed by atoms with van der Waals surface area (Å²) in [6.07, 6.45) is 5.51. The molecule has 1 aliphatic rings. The molecule has 0 aliphatic carbocycles. The first kappa shape index (κ1) is 17.9. The molecule has 28 heavy (non-hydrogen) atoms. The number of amides is 2. The summed E-state index contributed by atoms with van der Waals surface area (Å²) in [4.78, 5) is 18.7. The second-order valence-corrected chi connectivity index (χ2v) is 6.64. The van der Waals surface area contributed by atoms with Gasteiger partial charge >= 0.3 is 6.03 Å². The first-order valence-electron chi connectivity index (χ1n) is 9.34. The van der Waals surface area contributed by atoms with Crippen molar-refractivity contribution < 1.29 is 4.79 Å². The molecule has 6 heteroatoms. The average Bonchev–Trinajstić information content (AvgIpc) is 3.25. The Hall–Kier alpha value is -3.54. The van der Waals surface area contributed by atoms with Gasteiger partial charge in [-0.2, -0.15) is 10.2 Å². The van der Waals surface area contributed by atoms with E-state index in [1.54, 1.807) is 12.4 Å². The molecule has 4 rings (SSSR count). The lowest BCUT2D eigenvalue weighted by atomic mass is 10.1. The summed E-state index contributed by atoms with van der Waals surface area (Å²) in [6, 6.07) is 20.9. The van der Waals surface area contributed by atoms with Crippen molar-refractivity contribution in [3.8, 4) is 0 Å². The van der Waals surface area contributed by atoms with E-state index in [0.717, 1.165) is 42.0 Å². The van der Waals surface area contributed by atoms with Gasteiger partial charge in [0.1, 0.15) is 0 Å². The molecule has 1 atom stereocenters. The van der Waals surface area contributed by atoms with Crippen LogP contribution < -0.4 is 5.32 Å². The van der Waals surface area contributed by atoms with Gasteiger partial charge in [-0.25, -0.2) is 4.79 Å². The van der Waals surface area contributed by atoms with E-state index in [4.69, 9.17) is 0 Å². The number of anilines is 1. The number of aromatic nitrogens is 1. The summed E-state index contributed by atoms with van der Waals surface area (Å²) in [7, 11) is 0. The summed E-state index contributed by atoms with van der Waals surface area (Å²) in [5.74, 6) is 0. The number of azo groups is 1. The van der Waals surface area contributed by atoms with Crippen molar-refractivity contribution >= 4 is 23.1 Å². The Morgan fingerprint density at radius 1 is 0.929 bits per heavy atom. The van der Waals surface area contributed by atoms with E-state index < -0.39 is 0 Å². The Kier molecular flexibility index (Phi) is 5.38. The highest BCUT2D eigenvalue weighted by Gasteiger charge is 2.29. The van der Waals surface area contributed by atoms with Crippen molar-refractivity contribution in [3.63, 3.8) is 0 Å². The van der Waals surface area contributed by atoms with Crippen molar-refractivity contribution in [2.75, 3.05) is 11.9 Å². The van der Waals surface area contributed by atoms with Crippen molar-refractivity contribution in [3.05, 3.63) is 84.7 Å². The Labute approximate surface area is 164 Å². The third-order valence-electron chi connectivity index (χ3n) is 4.76. The maximum absolute atomic E-state index is 12.8. The fourth-order valence-corrected chi connectivity index (χ4v) is 3.36. The lowest BCUT2D eigenvalue weighted by Crippen LogP contribution is -2.34. The largest absolute Gasteiger partial charge is 0.322 e. The fraction of sp³-hybridized carbons (Fsp3) is 0.182. The van der Waals surface area contributed by atoms with Crippen LogP contribution in [0.5, 0.6) is 0 Å². The van der Waals surface area contributed by atoms with Crippen molar-refractivity contribution in [2.45, 2.75) is 18.9 Å². The molecule has 1 fully saturated rings. The van der Waals surface area contributed by atoms with Crippen LogP contribution in [-0.2, 0) is 0 Å². The lowest BCUT2D eigenvalue weighted by molar-refractivity contribution is 0.207. The number of carbonyl (C=O) groups excluding carboxylic acids is 1. The van der Waals surface area contributed by atoms with Gasteiger partial charge in [-0.15, -0.1) is 0 Å². The monoisotopic (exact) mass is 371 g/mol. The van der Waals surface area contributed by atoms with Crippen LogP contribution in [0.25, 0.3) is 0 Å². The second-order valence-electron chi connectivity index (χ2n) is 6.64. The van der Waals surface area contributed by atoms with Gasteiger partial charge in [0.15, 0.2) is 0 Å². The van der Waals surface area contributed by atoms with E-state index in [0.29, 0.717) is 0 Å².